The van der Waals surface area contributed by atoms with E-state index in [4.69, 9.17) is 4.74 Å². The molecule has 2 N–H and O–H groups in total. The number of nitrogens with one attached hydrogen (secondary N) is 1. The highest BCUT2D eigenvalue weighted by Gasteiger charge is 2.35. The summed E-state index contributed by atoms with van der Waals surface area (Å²) in [4.78, 5) is 22.3. The predicted octanol–water partition coefficient (Wildman–Crippen LogP) is 0.139. The van der Waals surface area contributed by atoms with Crippen LogP contribution in [-0.4, -0.2) is 35.2 Å². The van der Waals surface area contributed by atoms with Crippen LogP contribution in [0.4, 0.5) is 0 Å². The van der Waals surface area contributed by atoms with E-state index in [2.05, 4.69) is 17.2 Å². The van der Waals surface area contributed by atoms with E-state index in [1.807, 2.05) is 0 Å². The molecule has 0 saturated carbocycles. The van der Waals surface area contributed by atoms with Gasteiger partial charge in [0.1, 0.15) is 6.10 Å². The fourth-order valence-corrected chi connectivity index (χ4v) is 1.55. The second-order valence-corrected chi connectivity index (χ2v) is 4.05. The van der Waals surface area contributed by atoms with Gasteiger partial charge in [-0.15, -0.1) is 11.8 Å². The third-order valence-electron chi connectivity index (χ3n) is 2.49. The lowest BCUT2D eigenvalue weighted by Crippen LogP contribution is -2.46. The lowest BCUT2D eigenvalue weighted by Gasteiger charge is -2.32. The Morgan fingerprint density at radius 1 is 1.67 bits per heavy atom. The number of hydrogen-bond donors (Lipinski definition) is 2. The van der Waals surface area contributed by atoms with Crippen molar-refractivity contribution in [2.75, 3.05) is 6.54 Å². The van der Waals surface area contributed by atoms with Crippen molar-refractivity contribution in [3.63, 3.8) is 0 Å². The molecule has 1 aliphatic heterocycles. The van der Waals surface area contributed by atoms with Gasteiger partial charge in [-0.05, 0) is 19.1 Å². The second-order valence-electron chi connectivity index (χ2n) is 4.05. The molecule has 0 aromatic rings. The number of ketones is 1. The van der Waals surface area contributed by atoms with Crippen LogP contribution in [-0.2, 0) is 14.3 Å². The summed E-state index contributed by atoms with van der Waals surface area (Å²) in [7, 11) is 0. The Morgan fingerprint density at radius 3 is 3.00 bits per heavy atom. The molecule has 0 fully saturated rings. The van der Waals surface area contributed by atoms with E-state index in [0.29, 0.717) is 6.42 Å². The van der Waals surface area contributed by atoms with Crippen LogP contribution in [0.2, 0.25) is 0 Å². The maximum Gasteiger partial charge on any atom is 0.216 e. The number of carbonyl (C=O) groups excluding carboxylic acids is 2. The van der Waals surface area contributed by atoms with E-state index in [1.54, 1.807) is 6.92 Å². The number of amides is 1. The van der Waals surface area contributed by atoms with Crippen molar-refractivity contribution < 1.29 is 19.4 Å². The minimum absolute atomic E-state index is 0.0558. The molecular weight excluding hydrogens is 234 g/mol. The molecule has 0 aromatic heterocycles. The van der Waals surface area contributed by atoms with Crippen molar-refractivity contribution in [1.29, 1.82) is 0 Å². The van der Waals surface area contributed by atoms with Gasteiger partial charge in [-0.25, -0.2) is 0 Å². The van der Waals surface area contributed by atoms with Crippen molar-refractivity contribution in [3.8, 4) is 11.8 Å². The Bertz CT molecular complexity index is 418. The van der Waals surface area contributed by atoms with Gasteiger partial charge in [0, 0.05) is 19.8 Å². The molecule has 5 heteroatoms. The summed E-state index contributed by atoms with van der Waals surface area (Å²) in [5.41, 5.74) is 0. The van der Waals surface area contributed by atoms with Crippen LogP contribution >= 0.6 is 0 Å². The summed E-state index contributed by atoms with van der Waals surface area (Å²) in [5.74, 6) is 3.54. The summed E-state index contributed by atoms with van der Waals surface area (Å²) >= 11 is 0. The van der Waals surface area contributed by atoms with Gasteiger partial charge in [0.05, 0.1) is 6.54 Å². The quantitative estimate of drug-likeness (QED) is 0.697. The highest BCUT2D eigenvalue weighted by atomic mass is 16.6. The van der Waals surface area contributed by atoms with Crippen molar-refractivity contribution in [2.45, 2.75) is 38.6 Å². The van der Waals surface area contributed by atoms with Crippen LogP contribution < -0.4 is 5.32 Å². The van der Waals surface area contributed by atoms with Gasteiger partial charge >= 0.3 is 0 Å². The monoisotopic (exact) mass is 251 g/mol. The minimum Gasteiger partial charge on any atom is -0.362 e. The molecule has 0 aliphatic carbocycles. The van der Waals surface area contributed by atoms with E-state index in [-0.39, 0.29) is 24.7 Å². The maximum absolute atomic E-state index is 11.5. The van der Waals surface area contributed by atoms with Gasteiger partial charge in [0.2, 0.25) is 5.91 Å². The van der Waals surface area contributed by atoms with Gasteiger partial charge in [0.15, 0.2) is 11.6 Å². The molecule has 18 heavy (non-hydrogen) atoms. The SMILES string of the molecule is CC#CCCC1(O)C=CC(=O)[C@H](CNC(C)=O)O1. The largest absolute Gasteiger partial charge is 0.362 e. The van der Waals surface area contributed by atoms with Crippen LogP contribution in [0, 0.1) is 11.8 Å². The first-order valence-corrected chi connectivity index (χ1v) is 5.74. The zero-order valence-electron chi connectivity index (χ0n) is 10.5. The minimum atomic E-state index is -1.49. The molecular formula is C13H17NO4. The van der Waals surface area contributed by atoms with Crippen LogP contribution in [0.1, 0.15) is 26.7 Å². The van der Waals surface area contributed by atoms with E-state index >= 15 is 0 Å². The number of hydrogen-bond acceptors (Lipinski definition) is 4. The molecule has 5 nitrogen and oxygen atoms in total. The Morgan fingerprint density at radius 2 is 2.39 bits per heavy atom. The summed E-state index contributed by atoms with van der Waals surface area (Å²) in [6.45, 7) is 3.12. The first-order chi connectivity index (χ1) is 8.47. The molecule has 0 radical (unpaired) electrons. The molecule has 98 valence electrons. The fourth-order valence-electron chi connectivity index (χ4n) is 1.55. The molecule has 1 rings (SSSR count). The zero-order chi connectivity index (χ0) is 13.6. The molecule has 1 heterocycles. The van der Waals surface area contributed by atoms with Crippen LogP contribution in [0.3, 0.4) is 0 Å². The standard InChI is InChI=1S/C13H17NO4/c1-3-4-5-7-13(17)8-6-11(16)12(18-13)9-14-10(2)15/h6,8,12,17H,5,7,9H2,1-2H3,(H,14,15)/t12-,13?/m0/s1. The van der Waals surface area contributed by atoms with Crippen LogP contribution in [0.15, 0.2) is 12.2 Å². The number of rotatable bonds is 4. The lowest BCUT2D eigenvalue weighted by molar-refractivity contribution is -0.203. The van der Waals surface area contributed by atoms with Gasteiger partial charge in [-0.1, -0.05) is 0 Å². The lowest BCUT2D eigenvalue weighted by atomic mass is 10.0. The van der Waals surface area contributed by atoms with E-state index in [9.17, 15) is 14.7 Å². The molecule has 0 spiro atoms. The first kappa shape index (κ1) is 14.4. The van der Waals surface area contributed by atoms with E-state index < -0.39 is 11.9 Å². The summed E-state index contributed by atoms with van der Waals surface area (Å²) in [6, 6.07) is 0. The van der Waals surface area contributed by atoms with Crippen molar-refractivity contribution in [2.24, 2.45) is 0 Å². The number of ether oxygens (including phenoxy) is 1. The highest BCUT2D eigenvalue weighted by molar-refractivity contribution is 5.95. The maximum atomic E-state index is 11.5. The number of carbonyl (C=O) groups is 2. The second kappa shape index (κ2) is 6.34. The first-order valence-electron chi connectivity index (χ1n) is 5.74. The number of aliphatic hydroxyl groups is 1. The summed E-state index contributed by atoms with van der Waals surface area (Å²) in [5, 5.41) is 12.6. The smallest absolute Gasteiger partial charge is 0.216 e. The van der Waals surface area contributed by atoms with Crippen molar-refractivity contribution >= 4 is 11.7 Å². The Labute approximate surface area is 106 Å². The predicted molar refractivity (Wildman–Crippen MR) is 65.3 cm³/mol. The topological polar surface area (TPSA) is 75.6 Å². The zero-order valence-corrected chi connectivity index (χ0v) is 10.5. The summed E-state index contributed by atoms with van der Waals surface area (Å²) < 4.78 is 5.32. The van der Waals surface area contributed by atoms with Gasteiger partial charge in [0.25, 0.3) is 0 Å². The van der Waals surface area contributed by atoms with Crippen molar-refractivity contribution in [1.82, 2.24) is 5.32 Å². The van der Waals surface area contributed by atoms with Crippen LogP contribution in [0.25, 0.3) is 0 Å². The summed E-state index contributed by atoms with van der Waals surface area (Å²) in [6.07, 6.45) is 2.53. The fraction of sp³-hybridized carbons (Fsp3) is 0.538. The molecule has 0 bridgehead atoms. The molecule has 1 amide bonds. The third-order valence-corrected chi connectivity index (χ3v) is 2.49. The Hall–Kier alpha value is -1.64. The van der Waals surface area contributed by atoms with Gasteiger partial charge in [-0.3, -0.25) is 9.59 Å². The third kappa shape index (κ3) is 4.32. The van der Waals surface area contributed by atoms with E-state index in [1.165, 1.54) is 19.1 Å². The molecule has 2 atom stereocenters. The van der Waals surface area contributed by atoms with E-state index in [0.717, 1.165) is 0 Å². The Balaban J connectivity index is 2.62. The van der Waals surface area contributed by atoms with Gasteiger partial charge in [-0.2, -0.15) is 0 Å². The average molecular weight is 251 g/mol. The van der Waals surface area contributed by atoms with Crippen molar-refractivity contribution in [3.05, 3.63) is 12.2 Å². The molecule has 0 saturated heterocycles. The normalized spacial score (nSPS) is 26.4. The molecule has 1 unspecified atom stereocenters. The van der Waals surface area contributed by atoms with Crippen LogP contribution in [0.5, 0.6) is 0 Å². The highest BCUT2D eigenvalue weighted by Crippen LogP contribution is 2.23. The molecule has 1 aliphatic rings. The van der Waals surface area contributed by atoms with Gasteiger partial charge < -0.3 is 15.2 Å². The Kier molecular flexibility index (Phi) is 5.08. The molecule has 0 aromatic carbocycles. The average Bonchev–Trinajstić information content (AvgIpc) is 2.31.